The third-order valence-corrected chi connectivity index (χ3v) is 8.00. The predicted octanol–water partition coefficient (Wildman–Crippen LogP) is 3.89. The van der Waals surface area contributed by atoms with Gasteiger partial charge in [0, 0.05) is 10.9 Å². The highest BCUT2D eigenvalue weighted by atomic mass is 32.1. The van der Waals surface area contributed by atoms with Crippen molar-refractivity contribution in [1.82, 2.24) is 5.32 Å². The van der Waals surface area contributed by atoms with E-state index in [1.165, 1.54) is 11.3 Å². The molecule has 0 aliphatic heterocycles. The van der Waals surface area contributed by atoms with E-state index >= 15 is 0 Å². The first kappa shape index (κ1) is 20.1. The fraction of sp³-hybridized carbons (Fsp3) is 0.591. The highest BCUT2D eigenvalue weighted by Gasteiger charge is 2.48. The van der Waals surface area contributed by atoms with Gasteiger partial charge in [0.1, 0.15) is 5.00 Å². The summed E-state index contributed by atoms with van der Waals surface area (Å²) in [7, 11) is 0. The Bertz CT molecular complexity index is 868. The average Bonchev–Trinajstić information content (AvgIpc) is 3.29. The fourth-order valence-electron chi connectivity index (χ4n) is 5.20. The number of carboxylic acid groups (broad SMARTS) is 1. The molecule has 156 valence electrons. The Morgan fingerprint density at radius 3 is 2.21 bits per heavy atom. The van der Waals surface area contributed by atoms with Crippen LogP contribution in [0.1, 0.15) is 59.3 Å². The maximum atomic E-state index is 13.2. The Morgan fingerprint density at radius 2 is 1.62 bits per heavy atom. The van der Waals surface area contributed by atoms with Crippen molar-refractivity contribution in [3.05, 3.63) is 28.2 Å². The summed E-state index contributed by atoms with van der Waals surface area (Å²) in [6.07, 6.45) is 9.84. The molecule has 2 saturated carbocycles. The number of hydrogen-bond acceptors (Lipinski definition) is 4. The Labute approximate surface area is 174 Å². The predicted molar refractivity (Wildman–Crippen MR) is 112 cm³/mol. The number of carbonyl (C=O) groups is 3. The molecule has 7 heteroatoms. The number of amides is 2. The van der Waals surface area contributed by atoms with E-state index in [0.29, 0.717) is 10.6 Å². The zero-order valence-electron chi connectivity index (χ0n) is 16.9. The second kappa shape index (κ2) is 7.94. The van der Waals surface area contributed by atoms with E-state index in [9.17, 15) is 19.5 Å². The number of thiophene rings is 1. The maximum Gasteiger partial charge on any atom is 0.307 e. The van der Waals surface area contributed by atoms with Crippen LogP contribution in [0.15, 0.2) is 12.2 Å². The number of aryl methyl sites for hydroxylation is 1. The molecule has 0 aromatic carbocycles. The molecular formula is C22H28N2O4S. The van der Waals surface area contributed by atoms with Crippen molar-refractivity contribution in [2.45, 2.75) is 58.4 Å². The van der Waals surface area contributed by atoms with Crippen LogP contribution in [0.2, 0.25) is 0 Å². The SMILES string of the molecule is Cc1sc(NC(=O)[C@H]2[C@H](C(=O)O)[C@H]3C=C[C@H]2CC3)c(C(=O)NC2CCCC2)c1C. The molecule has 6 nitrogen and oxygen atoms in total. The van der Waals surface area contributed by atoms with E-state index < -0.39 is 17.8 Å². The molecule has 0 spiro atoms. The number of carbonyl (C=O) groups excluding carboxylic acids is 2. The molecule has 5 rings (SSSR count). The third kappa shape index (κ3) is 3.72. The molecule has 0 unspecified atom stereocenters. The summed E-state index contributed by atoms with van der Waals surface area (Å²) in [5.74, 6) is -2.78. The van der Waals surface area contributed by atoms with Gasteiger partial charge in [0.15, 0.2) is 0 Å². The van der Waals surface area contributed by atoms with Crippen LogP contribution in [0.25, 0.3) is 0 Å². The number of allylic oxidation sites excluding steroid dienone is 2. The summed E-state index contributed by atoms with van der Waals surface area (Å²) < 4.78 is 0. The summed E-state index contributed by atoms with van der Waals surface area (Å²) >= 11 is 1.39. The van der Waals surface area contributed by atoms with Gasteiger partial charge in [0.25, 0.3) is 5.91 Å². The van der Waals surface area contributed by atoms with Crippen LogP contribution in [0.4, 0.5) is 5.00 Å². The van der Waals surface area contributed by atoms with E-state index in [0.717, 1.165) is 49.0 Å². The standard InChI is InChI=1S/C22H28N2O4S/c1-11-12(2)29-21(16(11)19(25)23-15-5-3-4-6-15)24-20(26)17-13-7-9-14(10-8-13)18(17)22(27)28/h7,9,13-15,17-18H,3-6,8,10H2,1-2H3,(H,23,25)(H,24,26)(H,27,28)/t13-,14-,17+,18+/m0/s1. The lowest BCUT2D eigenvalue weighted by Gasteiger charge is -2.41. The van der Waals surface area contributed by atoms with Crippen LogP contribution in [0, 0.1) is 37.5 Å². The molecule has 2 bridgehead atoms. The van der Waals surface area contributed by atoms with Crippen molar-refractivity contribution >= 4 is 34.1 Å². The number of hydrogen-bond donors (Lipinski definition) is 3. The number of aliphatic carboxylic acids is 1. The van der Waals surface area contributed by atoms with Gasteiger partial charge < -0.3 is 15.7 Å². The topological polar surface area (TPSA) is 95.5 Å². The van der Waals surface area contributed by atoms with Crippen LogP contribution < -0.4 is 10.6 Å². The first-order chi connectivity index (χ1) is 13.9. The molecule has 2 fully saturated rings. The van der Waals surface area contributed by atoms with Crippen LogP contribution in [-0.2, 0) is 9.59 Å². The number of nitrogens with one attached hydrogen (secondary N) is 2. The van der Waals surface area contributed by atoms with Crippen LogP contribution >= 0.6 is 11.3 Å². The lowest BCUT2D eigenvalue weighted by atomic mass is 9.62. The number of fused-ring (bicyclic) bond motifs is 2. The van der Waals surface area contributed by atoms with Gasteiger partial charge in [-0.2, -0.15) is 0 Å². The minimum atomic E-state index is -0.915. The van der Waals surface area contributed by atoms with E-state index in [1.807, 2.05) is 26.0 Å². The van der Waals surface area contributed by atoms with Gasteiger partial charge in [-0.3, -0.25) is 14.4 Å². The van der Waals surface area contributed by atoms with Crippen LogP contribution in [0.3, 0.4) is 0 Å². The highest BCUT2D eigenvalue weighted by molar-refractivity contribution is 7.16. The van der Waals surface area contributed by atoms with E-state index in [1.54, 1.807) is 0 Å². The molecule has 29 heavy (non-hydrogen) atoms. The van der Waals surface area contributed by atoms with Crippen LogP contribution in [-0.4, -0.2) is 28.9 Å². The first-order valence-electron chi connectivity index (χ1n) is 10.5. The zero-order chi connectivity index (χ0) is 20.7. The minimum Gasteiger partial charge on any atom is -0.481 e. The van der Waals surface area contributed by atoms with Crippen molar-refractivity contribution in [1.29, 1.82) is 0 Å². The third-order valence-electron chi connectivity index (χ3n) is 6.88. The molecule has 3 N–H and O–H groups in total. The van der Waals surface area contributed by atoms with Gasteiger partial charge in [0.05, 0.1) is 17.4 Å². The summed E-state index contributed by atoms with van der Waals surface area (Å²) in [5.41, 5.74) is 1.40. The Hall–Kier alpha value is -2.15. The lowest BCUT2D eigenvalue weighted by molar-refractivity contribution is -0.151. The summed E-state index contributed by atoms with van der Waals surface area (Å²) in [6, 6.07) is 0.196. The van der Waals surface area contributed by atoms with Gasteiger partial charge >= 0.3 is 5.97 Å². The quantitative estimate of drug-likeness (QED) is 0.635. The van der Waals surface area contributed by atoms with Crippen molar-refractivity contribution in [2.75, 3.05) is 5.32 Å². The van der Waals surface area contributed by atoms with Gasteiger partial charge in [-0.25, -0.2) is 0 Å². The average molecular weight is 417 g/mol. The first-order valence-corrected chi connectivity index (χ1v) is 11.3. The molecule has 1 aromatic heterocycles. The number of anilines is 1. The van der Waals surface area contributed by atoms with Crippen molar-refractivity contribution in [3.63, 3.8) is 0 Å². The molecular weight excluding hydrogens is 388 g/mol. The van der Waals surface area contributed by atoms with Crippen molar-refractivity contribution in [2.24, 2.45) is 23.7 Å². The molecule has 4 aliphatic carbocycles. The van der Waals surface area contributed by atoms with Gasteiger partial charge in [-0.15, -0.1) is 11.3 Å². The Kier molecular flexibility index (Phi) is 5.51. The van der Waals surface area contributed by atoms with E-state index in [2.05, 4.69) is 10.6 Å². The van der Waals surface area contributed by atoms with Gasteiger partial charge in [0.2, 0.25) is 5.91 Å². The Morgan fingerprint density at radius 1 is 1.00 bits per heavy atom. The smallest absolute Gasteiger partial charge is 0.307 e. The number of rotatable bonds is 5. The zero-order valence-corrected chi connectivity index (χ0v) is 17.7. The maximum absolute atomic E-state index is 13.2. The molecule has 0 radical (unpaired) electrons. The van der Waals surface area contributed by atoms with Gasteiger partial charge in [-0.05, 0) is 56.9 Å². The van der Waals surface area contributed by atoms with Crippen LogP contribution in [0.5, 0.6) is 0 Å². The number of carboxylic acids is 1. The molecule has 2 amide bonds. The summed E-state index contributed by atoms with van der Waals surface area (Å²) in [4.78, 5) is 39.0. The Balaban J connectivity index is 1.57. The van der Waals surface area contributed by atoms with E-state index in [4.69, 9.17) is 0 Å². The van der Waals surface area contributed by atoms with Crippen molar-refractivity contribution in [3.8, 4) is 0 Å². The highest BCUT2D eigenvalue weighted by Crippen LogP contribution is 2.46. The molecule has 0 saturated heterocycles. The second-order valence-corrected chi connectivity index (χ2v) is 9.84. The molecule has 1 heterocycles. The lowest BCUT2D eigenvalue weighted by Crippen LogP contribution is -2.47. The van der Waals surface area contributed by atoms with Gasteiger partial charge in [-0.1, -0.05) is 25.0 Å². The van der Waals surface area contributed by atoms with E-state index in [-0.39, 0.29) is 29.7 Å². The normalized spacial score (nSPS) is 28.5. The minimum absolute atomic E-state index is 0.0565. The summed E-state index contributed by atoms with van der Waals surface area (Å²) in [5, 5.41) is 16.3. The monoisotopic (exact) mass is 416 g/mol. The molecule has 4 aliphatic rings. The second-order valence-electron chi connectivity index (χ2n) is 8.61. The fourth-order valence-corrected chi connectivity index (χ4v) is 6.26. The molecule has 1 aromatic rings. The molecule has 4 atom stereocenters. The van der Waals surface area contributed by atoms with Crippen molar-refractivity contribution < 1.29 is 19.5 Å². The summed E-state index contributed by atoms with van der Waals surface area (Å²) in [6.45, 7) is 3.84. The largest absolute Gasteiger partial charge is 0.481 e.